The molecule has 0 amide bonds. The first-order chi connectivity index (χ1) is 7.29. The van der Waals surface area contributed by atoms with Crippen molar-refractivity contribution in [2.24, 2.45) is 5.92 Å². The Bertz CT molecular complexity index is 190. The van der Waals surface area contributed by atoms with Crippen LogP contribution in [0.1, 0.15) is 20.3 Å². The van der Waals surface area contributed by atoms with Crippen LogP contribution >= 0.6 is 0 Å². The maximum Gasteiger partial charge on any atom is 0.0704 e. The van der Waals surface area contributed by atoms with Crippen LogP contribution in [-0.4, -0.2) is 39.5 Å². The van der Waals surface area contributed by atoms with Crippen LogP contribution < -0.4 is 5.32 Å². The molecule has 1 aliphatic rings. The number of hydrogen-bond acceptors (Lipinski definition) is 3. The lowest BCUT2D eigenvalue weighted by Gasteiger charge is -2.14. The van der Waals surface area contributed by atoms with E-state index in [1.54, 1.807) is 0 Å². The Balaban J connectivity index is 1.90. The zero-order valence-corrected chi connectivity index (χ0v) is 9.92. The van der Waals surface area contributed by atoms with Crippen LogP contribution in [-0.2, 0) is 9.47 Å². The summed E-state index contributed by atoms with van der Waals surface area (Å²) in [6.07, 6.45) is 3.34. The van der Waals surface area contributed by atoms with Gasteiger partial charge in [-0.2, -0.15) is 0 Å². The van der Waals surface area contributed by atoms with Gasteiger partial charge in [0.15, 0.2) is 0 Å². The van der Waals surface area contributed by atoms with Crippen molar-refractivity contribution in [2.75, 3.05) is 39.5 Å². The number of nitrogens with one attached hydrogen (secondary N) is 1. The lowest BCUT2D eigenvalue weighted by atomic mass is 10.1. The number of rotatable bonds is 7. The van der Waals surface area contributed by atoms with Gasteiger partial charge in [-0.05, 0) is 24.5 Å². The second-order valence-corrected chi connectivity index (χ2v) is 4.34. The van der Waals surface area contributed by atoms with Crippen LogP contribution in [0.3, 0.4) is 0 Å². The first-order valence-electron chi connectivity index (χ1n) is 5.83. The Morgan fingerprint density at radius 1 is 1.33 bits per heavy atom. The summed E-state index contributed by atoms with van der Waals surface area (Å²) >= 11 is 0. The monoisotopic (exact) mass is 213 g/mol. The second kappa shape index (κ2) is 7.85. The summed E-state index contributed by atoms with van der Waals surface area (Å²) in [6, 6.07) is 0. The van der Waals surface area contributed by atoms with E-state index in [0.717, 1.165) is 32.7 Å². The lowest BCUT2D eigenvalue weighted by Crippen LogP contribution is -2.22. The minimum absolute atomic E-state index is 0.608. The van der Waals surface area contributed by atoms with Crippen LogP contribution in [0, 0.1) is 5.92 Å². The molecule has 0 aromatic carbocycles. The molecule has 0 aromatic heterocycles. The van der Waals surface area contributed by atoms with Gasteiger partial charge in [-0.3, -0.25) is 0 Å². The Labute approximate surface area is 92.8 Å². The fourth-order valence-electron chi connectivity index (χ4n) is 1.44. The summed E-state index contributed by atoms with van der Waals surface area (Å²) in [6.45, 7) is 9.40. The lowest BCUT2D eigenvalue weighted by molar-refractivity contribution is 0.0443. The van der Waals surface area contributed by atoms with Crippen molar-refractivity contribution in [1.29, 1.82) is 0 Å². The minimum atomic E-state index is 0.608. The van der Waals surface area contributed by atoms with Crippen LogP contribution in [0.2, 0.25) is 0 Å². The van der Waals surface area contributed by atoms with Crippen molar-refractivity contribution in [3.63, 3.8) is 0 Å². The summed E-state index contributed by atoms with van der Waals surface area (Å²) < 4.78 is 11.0. The molecule has 0 bridgehead atoms. The van der Waals surface area contributed by atoms with Crippen molar-refractivity contribution in [1.82, 2.24) is 5.32 Å². The molecule has 3 heteroatoms. The largest absolute Gasteiger partial charge is 0.379 e. The molecular formula is C12H23NO2. The van der Waals surface area contributed by atoms with Gasteiger partial charge in [0, 0.05) is 13.2 Å². The SMILES string of the molecule is CC(C)COCCOCC1=CCNCC1. The van der Waals surface area contributed by atoms with E-state index >= 15 is 0 Å². The summed E-state index contributed by atoms with van der Waals surface area (Å²) in [5, 5.41) is 3.28. The molecular weight excluding hydrogens is 190 g/mol. The highest BCUT2D eigenvalue weighted by molar-refractivity contribution is 5.06. The molecule has 0 saturated heterocycles. The zero-order chi connectivity index (χ0) is 10.9. The molecule has 88 valence electrons. The highest BCUT2D eigenvalue weighted by Gasteiger charge is 2.02. The smallest absolute Gasteiger partial charge is 0.0704 e. The number of ether oxygens (including phenoxy) is 2. The van der Waals surface area contributed by atoms with E-state index in [2.05, 4.69) is 25.2 Å². The quantitative estimate of drug-likeness (QED) is 0.514. The van der Waals surface area contributed by atoms with Gasteiger partial charge in [-0.25, -0.2) is 0 Å². The van der Waals surface area contributed by atoms with Crippen molar-refractivity contribution in [3.05, 3.63) is 11.6 Å². The second-order valence-electron chi connectivity index (χ2n) is 4.34. The predicted molar refractivity (Wildman–Crippen MR) is 62.0 cm³/mol. The summed E-state index contributed by atoms with van der Waals surface area (Å²) in [4.78, 5) is 0. The molecule has 1 N–H and O–H groups in total. The van der Waals surface area contributed by atoms with E-state index in [4.69, 9.17) is 9.47 Å². The third kappa shape index (κ3) is 6.66. The molecule has 0 aromatic rings. The zero-order valence-electron chi connectivity index (χ0n) is 9.92. The summed E-state index contributed by atoms with van der Waals surface area (Å²) in [7, 11) is 0. The van der Waals surface area contributed by atoms with Gasteiger partial charge >= 0.3 is 0 Å². The average molecular weight is 213 g/mol. The molecule has 0 saturated carbocycles. The molecule has 15 heavy (non-hydrogen) atoms. The maximum atomic E-state index is 5.53. The van der Waals surface area contributed by atoms with E-state index in [9.17, 15) is 0 Å². The summed E-state index contributed by atoms with van der Waals surface area (Å²) in [5.41, 5.74) is 1.41. The highest BCUT2D eigenvalue weighted by Crippen LogP contribution is 2.04. The summed E-state index contributed by atoms with van der Waals surface area (Å²) in [5.74, 6) is 0.608. The van der Waals surface area contributed by atoms with E-state index in [-0.39, 0.29) is 0 Å². The number of hydrogen-bond donors (Lipinski definition) is 1. The highest BCUT2D eigenvalue weighted by atomic mass is 16.5. The molecule has 0 fully saturated rings. The van der Waals surface area contributed by atoms with Crippen molar-refractivity contribution in [2.45, 2.75) is 20.3 Å². The topological polar surface area (TPSA) is 30.5 Å². The van der Waals surface area contributed by atoms with E-state index < -0.39 is 0 Å². The van der Waals surface area contributed by atoms with Gasteiger partial charge in [0.05, 0.1) is 19.8 Å². The van der Waals surface area contributed by atoms with Crippen LogP contribution in [0.15, 0.2) is 11.6 Å². The Morgan fingerprint density at radius 2 is 2.13 bits per heavy atom. The predicted octanol–water partition coefficient (Wildman–Crippen LogP) is 1.60. The molecule has 1 aliphatic heterocycles. The van der Waals surface area contributed by atoms with Crippen molar-refractivity contribution >= 4 is 0 Å². The van der Waals surface area contributed by atoms with E-state index in [1.165, 1.54) is 5.57 Å². The first-order valence-corrected chi connectivity index (χ1v) is 5.83. The standard InChI is InChI=1S/C12H23NO2/c1-11(2)9-14-7-8-15-10-12-3-5-13-6-4-12/h3,11,13H,4-10H2,1-2H3. The van der Waals surface area contributed by atoms with E-state index in [1.807, 2.05) is 0 Å². The fourth-order valence-corrected chi connectivity index (χ4v) is 1.44. The minimum Gasteiger partial charge on any atom is -0.379 e. The Kier molecular flexibility index (Phi) is 6.64. The van der Waals surface area contributed by atoms with Crippen LogP contribution in [0.4, 0.5) is 0 Å². The van der Waals surface area contributed by atoms with Crippen LogP contribution in [0.25, 0.3) is 0 Å². The van der Waals surface area contributed by atoms with Gasteiger partial charge in [0.2, 0.25) is 0 Å². The Hall–Kier alpha value is -0.380. The molecule has 1 heterocycles. The van der Waals surface area contributed by atoms with Gasteiger partial charge in [0.1, 0.15) is 0 Å². The fraction of sp³-hybridized carbons (Fsp3) is 0.833. The normalized spacial score (nSPS) is 16.9. The average Bonchev–Trinajstić information content (AvgIpc) is 2.24. The van der Waals surface area contributed by atoms with Gasteiger partial charge in [-0.1, -0.05) is 19.9 Å². The van der Waals surface area contributed by atoms with Crippen molar-refractivity contribution in [3.8, 4) is 0 Å². The van der Waals surface area contributed by atoms with Gasteiger partial charge in [-0.15, -0.1) is 0 Å². The van der Waals surface area contributed by atoms with Crippen molar-refractivity contribution < 1.29 is 9.47 Å². The molecule has 0 aliphatic carbocycles. The van der Waals surface area contributed by atoms with Gasteiger partial charge < -0.3 is 14.8 Å². The molecule has 0 atom stereocenters. The third-order valence-corrected chi connectivity index (χ3v) is 2.27. The third-order valence-electron chi connectivity index (χ3n) is 2.27. The Morgan fingerprint density at radius 3 is 2.80 bits per heavy atom. The molecule has 1 rings (SSSR count). The molecule has 0 unspecified atom stereocenters. The maximum absolute atomic E-state index is 5.53. The van der Waals surface area contributed by atoms with Gasteiger partial charge in [0.25, 0.3) is 0 Å². The van der Waals surface area contributed by atoms with E-state index in [0.29, 0.717) is 19.1 Å². The molecule has 0 radical (unpaired) electrons. The molecule has 0 spiro atoms. The molecule has 3 nitrogen and oxygen atoms in total. The van der Waals surface area contributed by atoms with Crippen LogP contribution in [0.5, 0.6) is 0 Å². The first kappa shape index (κ1) is 12.7.